The summed E-state index contributed by atoms with van der Waals surface area (Å²) in [5.41, 5.74) is -0.571. The Hall–Kier alpha value is -1.60. The summed E-state index contributed by atoms with van der Waals surface area (Å²) in [7, 11) is 0.732. The van der Waals surface area contributed by atoms with Crippen molar-refractivity contribution < 1.29 is 23.2 Å². The van der Waals surface area contributed by atoms with Gasteiger partial charge in [0.1, 0.15) is 17.1 Å². The summed E-state index contributed by atoms with van der Waals surface area (Å²) >= 11 is 0. The summed E-state index contributed by atoms with van der Waals surface area (Å²) in [6.45, 7) is 11.2. The predicted octanol–water partition coefficient (Wildman–Crippen LogP) is 3.01. The third kappa shape index (κ3) is 3.72. The molecule has 2 saturated heterocycles. The summed E-state index contributed by atoms with van der Waals surface area (Å²) in [5, 5.41) is 0. The number of ether oxygens (including phenoxy) is 1. The first-order valence-electron chi connectivity index (χ1n) is 9.58. The number of hydrogen-bond acceptors (Lipinski definition) is 4. The second kappa shape index (κ2) is 7.10. The monoisotopic (exact) mass is 377 g/mol. The van der Waals surface area contributed by atoms with Crippen LogP contribution in [0.1, 0.15) is 57.8 Å². The van der Waals surface area contributed by atoms with Crippen molar-refractivity contribution in [2.75, 3.05) is 20.2 Å². The van der Waals surface area contributed by atoms with Crippen LogP contribution in [0.25, 0.3) is 0 Å². The lowest BCUT2D eigenvalue weighted by Crippen LogP contribution is -2.41. The molecule has 3 rings (SSSR count). The van der Waals surface area contributed by atoms with E-state index >= 15 is 4.39 Å². The van der Waals surface area contributed by atoms with Crippen LogP contribution in [0.3, 0.4) is 0 Å². The van der Waals surface area contributed by atoms with Crippen molar-refractivity contribution in [1.29, 1.82) is 0 Å². The van der Waals surface area contributed by atoms with Gasteiger partial charge in [0.25, 0.3) is 5.91 Å². The van der Waals surface area contributed by atoms with Crippen LogP contribution < -0.4 is 10.2 Å². The molecule has 2 aliphatic rings. The van der Waals surface area contributed by atoms with Crippen LogP contribution in [-0.2, 0) is 9.31 Å². The fraction of sp³-hybridized carbons (Fsp3) is 0.650. The number of halogens is 1. The molecule has 2 fully saturated rings. The largest absolute Gasteiger partial charge is 0.496 e. The van der Waals surface area contributed by atoms with Crippen LogP contribution in [0.4, 0.5) is 4.39 Å². The van der Waals surface area contributed by atoms with E-state index < -0.39 is 24.1 Å². The average molecular weight is 377 g/mol. The quantitative estimate of drug-likeness (QED) is 0.760. The van der Waals surface area contributed by atoms with Gasteiger partial charge in [0.2, 0.25) is 0 Å². The minimum Gasteiger partial charge on any atom is -0.496 e. The minimum atomic E-state index is -0.711. The Kier molecular flexibility index (Phi) is 5.30. The molecular weight excluding hydrogens is 348 g/mol. The lowest BCUT2D eigenvalue weighted by Gasteiger charge is -2.32. The number of rotatable bonds is 3. The van der Waals surface area contributed by atoms with E-state index in [0.717, 1.165) is 12.8 Å². The molecule has 0 aliphatic carbocycles. The molecule has 148 valence electrons. The van der Waals surface area contributed by atoms with Crippen molar-refractivity contribution in [3.8, 4) is 5.75 Å². The first kappa shape index (κ1) is 20.1. The minimum absolute atomic E-state index is 0.0214. The van der Waals surface area contributed by atoms with Crippen molar-refractivity contribution in [1.82, 2.24) is 4.90 Å². The Labute approximate surface area is 161 Å². The van der Waals surface area contributed by atoms with Gasteiger partial charge in [-0.2, -0.15) is 0 Å². The maximum atomic E-state index is 15.0. The molecule has 1 atom stereocenters. The predicted molar refractivity (Wildman–Crippen MR) is 103 cm³/mol. The molecule has 0 N–H and O–H groups in total. The second-order valence-electron chi connectivity index (χ2n) is 8.67. The van der Waals surface area contributed by atoms with Crippen LogP contribution >= 0.6 is 0 Å². The fourth-order valence-electron chi connectivity index (χ4n) is 3.62. The van der Waals surface area contributed by atoms with Crippen LogP contribution in [0.2, 0.25) is 0 Å². The molecular formula is C20H29BFNO4. The van der Waals surface area contributed by atoms with E-state index in [1.807, 2.05) is 27.7 Å². The van der Waals surface area contributed by atoms with E-state index in [1.165, 1.54) is 13.2 Å². The number of amides is 1. The summed E-state index contributed by atoms with van der Waals surface area (Å²) in [6, 6.07) is 2.97. The number of likely N-dealkylation sites (tertiary alicyclic amines) is 1. The van der Waals surface area contributed by atoms with Crippen LogP contribution in [-0.4, -0.2) is 49.3 Å². The van der Waals surface area contributed by atoms with Gasteiger partial charge in [-0.15, -0.1) is 0 Å². The summed E-state index contributed by atoms with van der Waals surface area (Å²) in [6.07, 6.45) is 2.02. The number of carbonyl (C=O) groups is 1. The van der Waals surface area contributed by atoms with Gasteiger partial charge in [-0.3, -0.25) is 4.79 Å². The summed E-state index contributed by atoms with van der Waals surface area (Å²) in [4.78, 5) is 14.6. The van der Waals surface area contributed by atoms with E-state index in [9.17, 15) is 4.79 Å². The van der Waals surface area contributed by atoms with Crippen molar-refractivity contribution in [2.24, 2.45) is 5.92 Å². The van der Waals surface area contributed by atoms with Gasteiger partial charge < -0.3 is 18.9 Å². The van der Waals surface area contributed by atoms with Crippen LogP contribution in [0.5, 0.6) is 5.75 Å². The number of carbonyl (C=O) groups excluding carboxylic acids is 1. The zero-order chi connectivity index (χ0) is 20.0. The smallest absolute Gasteiger partial charge is 0.495 e. The molecule has 1 aromatic carbocycles. The number of piperidine rings is 1. The molecule has 0 aromatic heterocycles. The maximum Gasteiger partial charge on any atom is 0.495 e. The van der Waals surface area contributed by atoms with Gasteiger partial charge in [-0.1, -0.05) is 6.92 Å². The lowest BCUT2D eigenvalue weighted by atomic mass is 9.78. The summed E-state index contributed by atoms with van der Waals surface area (Å²) < 4.78 is 32.4. The van der Waals surface area contributed by atoms with Crippen molar-refractivity contribution in [3.05, 3.63) is 23.5 Å². The third-order valence-corrected chi connectivity index (χ3v) is 5.98. The van der Waals surface area contributed by atoms with Gasteiger partial charge in [0.05, 0.1) is 18.3 Å². The molecule has 2 aliphatic heterocycles. The third-order valence-electron chi connectivity index (χ3n) is 5.98. The Bertz CT molecular complexity index is 721. The Morgan fingerprint density at radius 1 is 1.26 bits per heavy atom. The van der Waals surface area contributed by atoms with Crippen molar-refractivity contribution in [3.63, 3.8) is 0 Å². The van der Waals surface area contributed by atoms with Gasteiger partial charge in [-0.25, -0.2) is 4.39 Å². The number of benzene rings is 1. The van der Waals surface area contributed by atoms with Crippen molar-refractivity contribution >= 4 is 18.5 Å². The Morgan fingerprint density at radius 3 is 2.44 bits per heavy atom. The van der Waals surface area contributed by atoms with Crippen LogP contribution in [0, 0.1) is 11.7 Å². The van der Waals surface area contributed by atoms with E-state index in [1.54, 1.807) is 11.0 Å². The Balaban J connectivity index is 1.91. The van der Waals surface area contributed by atoms with E-state index in [0.29, 0.717) is 24.5 Å². The molecule has 2 heterocycles. The highest BCUT2D eigenvalue weighted by Gasteiger charge is 2.52. The highest BCUT2D eigenvalue weighted by atomic mass is 19.1. The average Bonchev–Trinajstić information content (AvgIpc) is 2.81. The van der Waals surface area contributed by atoms with E-state index in [-0.39, 0.29) is 17.2 Å². The topological polar surface area (TPSA) is 48.0 Å². The molecule has 0 saturated carbocycles. The molecule has 1 unspecified atom stereocenters. The molecule has 1 aromatic rings. The summed E-state index contributed by atoms with van der Waals surface area (Å²) in [5.74, 6) is -0.303. The van der Waals surface area contributed by atoms with Gasteiger partial charge in [0, 0.05) is 13.1 Å². The second-order valence-corrected chi connectivity index (χ2v) is 8.67. The number of nitrogens with zero attached hydrogens (tertiary/aromatic N) is 1. The number of hydrogen-bond donors (Lipinski definition) is 0. The molecule has 0 bridgehead atoms. The van der Waals surface area contributed by atoms with E-state index in [2.05, 4.69) is 6.92 Å². The first-order valence-corrected chi connectivity index (χ1v) is 9.58. The first-order chi connectivity index (χ1) is 12.6. The highest BCUT2D eigenvalue weighted by molar-refractivity contribution is 6.62. The van der Waals surface area contributed by atoms with Gasteiger partial charge >= 0.3 is 7.12 Å². The van der Waals surface area contributed by atoms with Crippen LogP contribution in [0.15, 0.2) is 12.1 Å². The SMILES string of the molecule is COc1cc(B2OC(C)(C)C(C)(C)O2)cc(F)c1C(=O)N1CCCC(C)C1. The zero-order valence-corrected chi connectivity index (χ0v) is 17.1. The van der Waals surface area contributed by atoms with Gasteiger partial charge in [0.15, 0.2) is 0 Å². The molecule has 27 heavy (non-hydrogen) atoms. The molecule has 7 heteroatoms. The standard InChI is InChI=1S/C20H29BFNO4/c1-13-8-7-9-23(12-13)18(24)17-15(22)10-14(11-16(17)25-6)21-26-19(2,3)20(4,5)27-21/h10-11,13H,7-9,12H2,1-6H3. The fourth-order valence-corrected chi connectivity index (χ4v) is 3.62. The maximum absolute atomic E-state index is 15.0. The lowest BCUT2D eigenvalue weighted by molar-refractivity contribution is 0.00578. The van der Waals surface area contributed by atoms with E-state index in [4.69, 9.17) is 14.0 Å². The normalized spacial score (nSPS) is 24.2. The molecule has 0 spiro atoms. The highest BCUT2D eigenvalue weighted by Crippen LogP contribution is 2.37. The number of methoxy groups -OCH3 is 1. The molecule has 1 amide bonds. The molecule has 5 nitrogen and oxygen atoms in total. The Morgan fingerprint density at radius 2 is 1.89 bits per heavy atom. The van der Waals surface area contributed by atoms with Crippen molar-refractivity contribution in [2.45, 2.75) is 58.7 Å². The molecule has 0 radical (unpaired) electrons. The zero-order valence-electron chi connectivity index (χ0n) is 17.1. The van der Waals surface area contributed by atoms with Gasteiger partial charge in [-0.05, 0) is 64.1 Å².